The number of urea groups is 1. The first kappa shape index (κ1) is 23.4. The SMILES string of the molecule is O=C(NCc1ccc(Cn2ccccc2=O)cc1)NNC(=O)c1ccc(COc2ccccc2)o1. The second-order valence-electron chi connectivity index (χ2n) is 7.61. The van der Waals surface area contributed by atoms with Crippen LogP contribution in [0.4, 0.5) is 4.79 Å². The van der Waals surface area contributed by atoms with Gasteiger partial charge in [-0.3, -0.25) is 15.0 Å². The number of carbonyl (C=O) groups excluding carboxylic acids is 2. The number of benzene rings is 2. The van der Waals surface area contributed by atoms with Gasteiger partial charge in [-0.15, -0.1) is 0 Å². The number of pyridine rings is 1. The van der Waals surface area contributed by atoms with Crippen LogP contribution in [0.15, 0.2) is 100 Å². The van der Waals surface area contributed by atoms with Crippen LogP contribution in [0.5, 0.6) is 5.75 Å². The number of para-hydroxylation sites is 1. The lowest BCUT2D eigenvalue weighted by atomic mass is 10.1. The smallest absolute Gasteiger partial charge is 0.333 e. The molecule has 9 heteroatoms. The number of nitrogens with zero attached hydrogens (tertiary/aromatic N) is 1. The van der Waals surface area contributed by atoms with Crippen molar-refractivity contribution in [2.75, 3.05) is 0 Å². The molecule has 4 aromatic rings. The van der Waals surface area contributed by atoms with Crippen molar-refractivity contribution in [3.05, 3.63) is 124 Å². The van der Waals surface area contributed by atoms with E-state index >= 15 is 0 Å². The summed E-state index contributed by atoms with van der Waals surface area (Å²) in [6.07, 6.45) is 1.73. The normalized spacial score (nSPS) is 10.4. The van der Waals surface area contributed by atoms with Crippen molar-refractivity contribution in [1.82, 2.24) is 20.7 Å². The maximum Gasteiger partial charge on any atom is 0.333 e. The van der Waals surface area contributed by atoms with Gasteiger partial charge in [-0.1, -0.05) is 48.5 Å². The predicted octanol–water partition coefficient (Wildman–Crippen LogP) is 3.21. The number of nitrogens with one attached hydrogen (secondary N) is 3. The maximum absolute atomic E-state index is 12.2. The van der Waals surface area contributed by atoms with E-state index in [0.29, 0.717) is 18.1 Å². The highest BCUT2D eigenvalue weighted by molar-refractivity contribution is 5.92. The number of hydrazine groups is 1. The third-order valence-corrected chi connectivity index (χ3v) is 5.03. The van der Waals surface area contributed by atoms with Crippen LogP contribution < -0.4 is 26.5 Å². The van der Waals surface area contributed by atoms with E-state index in [1.54, 1.807) is 22.9 Å². The van der Waals surface area contributed by atoms with Gasteiger partial charge < -0.3 is 19.0 Å². The fourth-order valence-corrected chi connectivity index (χ4v) is 3.20. The molecule has 0 spiro atoms. The van der Waals surface area contributed by atoms with Crippen LogP contribution in [0.2, 0.25) is 0 Å². The van der Waals surface area contributed by atoms with E-state index in [1.165, 1.54) is 12.1 Å². The molecule has 2 aromatic heterocycles. The summed E-state index contributed by atoms with van der Waals surface area (Å²) >= 11 is 0. The first-order chi connectivity index (χ1) is 17.1. The van der Waals surface area contributed by atoms with Crippen LogP contribution in [0.3, 0.4) is 0 Å². The average molecular weight is 473 g/mol. The van der Waals surface area contributed by atoms with E-state index in [-0.39, 0.29) is 24.5 Å². The Morgan fingerprint density at radius 2 is 1.57 bits per heavy atom. The van der Waals surface area contributed by atoms with E-state index in [1.807, 2.05) is 60.7 Å². The quantitative estimate of drug-likeness (QED) is 0.341. The third kappa shape index (κ3) is 6.84. The van der Waals surface area contributed by atoms with Crippen molar-refractivity contribution in [3.8, 4) is 5.75 Å². The number of furan rings is 1. The molecule has 0 saturated heterocycles. The summed E-state index contributed by atoms with van der Waals surface area (Å²) in [6, 6.07) is 24.4. The Bertz CT molecular complexity index is 1330. The van der Waals surface area contributed by atoms with Crippen molar-refractivity contribution in [3.63, 3.8) is 0 Å². The van der Waals surface area contributed by atoms with Gasteiger partial charge in [0, 0.05) is 18.8 Å². The second kappa shape index (κ2) is 11.4. The number of hydrogen-bond donors (Lipinski definition) is 3. The second-order valence-corrected chi connectivity index (χ2v) is 7.61. The average Bonchev–Trinajstić information content (AvgIpc) is 3.37. The Balaban J connectivity index is 1.19. The fraction of sp³-hybridized carbons (Fsp3) is 0.115. The van der Waals surface area contributed by atoms with Crippen molar-refractivity contribution in [2.45, 2.75) is 19.7 Å². The zero-order valence-corrected chi connectivity index (χ0v) is 18.8. The number of carbonyl (C=O) groups is 2. The van der Waals surface area contributed by atoms with Crippen LogP contribution >= 0.6 is 0 Å². The molecule has 0 aliphatic heterocycles. The summed E-state index contributed by atoms with van der Waals surface area (Å²) in [5.41, 5.74) is 6.35. The maximum atomic E-state index is 12.2. The molecule has 178 valence electrons. The Morgan fingerprint density at radius 1 is 0.829 bits per heavy atom. The highest BCUT2D eigenvalue weighted by atomic mass is 16.5. The van der Waals surface area contributed by atoms with Crippen LogP contribution in [-0.4, -0.2) is 16.5 Å². The van der Waals surface area contributed by atoms with Gasteiger partial charge in [-0.25, -0.2) is 10.2 Å². The summed E-state index contributed by atoms with van der Waals surface area (Å²) < 4.78 is 12.7. The van der Waals surface area contributed by atoms with E-state index < -0.39 is 11.9 Å². The Labute approximate surface area is 201 Å². The summed E-state index contributed by atoms with van der Waals surface area (Å²) in [6.45, 7) is 0.897. The van der Waals surface area contributed by atoms with Gasteiger partial charge >= 0.3 is 11.9 Å². The van der Waals surface area contributed by atoms with Gasteiger partial charge in [-0.05, 0) is 41.5 Å². The molecule has 35 heavy (non-hydrogen) atoms. The zero-order chi connectivity index (χ0) is 24.5. The minimum atomic E-state index is -0.591. The molecular formula is C26H24N4O5. The third-order valence-electron chi connectivity index (χ3n) is 5.03. The molecule has 0 fully saturated rings. The van der Waals surface area contributed by atoms with E-state index in [4.69, 9.17) is 9.15 Å². The lowest BCUT2D eigenvalue weighted by molar-refractivity contribution is 0.0904. The molecule has 0 aliphatic carbocycles. The Kier molecular flexibility index (Phi) is 7.59. The molecule has 0 aliphatic rings. The predicted molar refractivity (Wildman–Crippen MR) is 129 cm³/mol. The van der Waals surface area contributed by atoms with Crippen molar-refractivity contribution in [1.29, 1.82) is 0 Å². The highest BCUT2D eigenvalue weighted by Gasteiger charge is 2.12. The molecule has 4 rings (SSSR count). The Hall–Kier alpha value is -4.79. The molecule has 0 radical (unpaired) electrons. The largest absolute Gasteiger partial charge is 0.486 e. The molecular weight excluding hydrogens is 448 g/mol. The molecule has 0 bridgehead atoms. The summed E-state index contributed by atoms with van der Waals surface area (Å²) in [5, 5.41) is 2.66. The van der Waals surface area contributed by atoms with Crippen LogP contribution in [0, 0.1) is 0 Å². The molecule has 2 aromatic carbocycles. The lowest BCUT2D eigenvalue weighted by Gasteiger charge is -2.09. The standard InChI is InChI=1S/C26H24N4O5/c31-24-8-4-5-15-30(24)17-20-11-9-19(10-12-20)16-27-26(33)29-28-25(32)23-14-13-22(35-23)18-34-21-6-2-1-3-7-21/h1-15H,16-18H2,(H,28,32)(H2,27,29,33). The Morgan fingerprint density at radius 3 is 2.34 bits per heavy atom. The molecule has 0 unspecified atom stereocenters. The molecule has 0 atom stereocenters. The van der Waals surface area contributed by atoms with Crippen molar-refractivity contribution in [2.24, 2.45) is 0 Å². The van der Waals surface area contributed by atoms with Crippen molar-refractivity contribution < 1.29 is 18.7 Å². The van der Waals surface area contributed by atoms with E-state index in [9.17, 15) is 14.4 Å². The van der Waals surface area contributed by atoms with Gasteiger partial charge in [0.15, 0.2) is 5.76 Å². The van der Waals surface area contributed by atoms with Gasteiger partial charge in [-0.2, -0.15) is 0 Å². The molecule has 9 nitrogen and oxygen atoms in total. The highest BCUT2D eigenvalue weighted by Crippen LogP contribution is 2.14. The topological polar surface area (TPSA) is 115 Å². The minimum absolute atomic E-state index is 0.0464. The summed E-state index contributed by atoms with van der Waals surface area (Å²) in [4.78, 5) is 36.1. The zero-order valence-electron chi connectivity index (χ0n) is 18.8. The van der Waals surface area contributed by atoms with Crippen molar-refractivity contribution >= 4 is 11.9 Å². The summed E-state index contributed by atoms with van der Waals surface area (Å²) in [5.74, 6) is 0.621. The van der Waals surface area contributed by atoms with Crippen LogP contribution in [0.1, 0.15) is 27.4 Å². The molecule has 3 N–H and O–H groups in total. The molecule has 0 saturated carbocycles. The summed E-state index contributed by atoms with van der Waals surface area (Å²) in [7, 11) is 0. The van der Waals surface area contributed by atoms with E-state index in [2.05, 4.69) is 16.2 Å². The van der Waals surface area contributed by atoms with Gasteiger partial charge in [0.25, 0.3) is 5.56 Å². The van der Waals surface area contributed by atoms with Gasteiger partial charge in [0.2, 0.25) is 0 Å². The molecule has 3 amide bonds. The number of amides is 3. The van der Waals surface area contributed by atoms with Gasteiger partial charge in [0.05, 0.1) is 6.54 Å². The first-order valence-electron chi connectivity index (χ1n) is 10.9. The minimum Gasteiger partial charge on any atom is -0.486 e. The number of hydrogen-bond acceptors (Lipinski definition) is 5. The van der Waals surface area contributed by atoms with Crippen LogP contribution in [0.25, 0.3) is 0 Å². The molecule has 2 heterocycles. The number of ether oxygens (including phenoxy) is 1. The van der Waals surface area contributed by atoms with Gasteiger partial charge in [0.1, 0.15) is 18.1 Å². The lowest BCUT2D eigenvalue weighted by Crippen LogP contribution is -2.46. The van der Waals surface area contributed by atoms with E-state index in [0.717, 1.165) is 11.1 Å². The van der Waals surface area contributed by atoms with Crippen LogP contribution in [-0.2, 0) is 19.7 Å². The monoisotopic (exact) mass is 472 g/mol. The number of rotatable bonds is 8. The number of aromatic nitrogens is 1. The fourth-order valence-electron chi connectivity index (χ4n) is 3.20. The first-order valence-corrected chi connectivity index (χ1v) is 10.9.